The Morgan fingerprint density at radius 3 is 2.92 bits per heavy atom. The first-order valence-corrected chi connectivity index (χ1v) is 9.65. The monoisotopic (exact) mass is 344 g/mol. The summed E-state index contributed by atoms with van der Waals surface area (Å²) < 4.78 is 0. The van der Waals surface area contributed by atoms with Crippen LogP contribution in [0.3, 0.4) is 0 Å². The first kappa shape index (κ1) is 19.8. The fourth-order valence-electron chi connectivity index (χ4n) is 4.33. The van der Waals surface area contributed by atoms with E-state index in [0.717, 1.165) is 44.9 Å². The Morgan fingerprint density at radius 2 is 2.20 bits per heavy atom. The van der Waals surface area contributed by atoms with Gasteiger partial charge in [0.05, 0.1) is 6.10 Å². The summed E-state index contributed by atoms with van der Waals surface area (Å²) in [5.74, 6) is 7.36. The average molecular weight is 344 g/mol. The van der Waals surface area contributed by atoms with Crippen LogP contribution in [-0.4, -0.2) is 22.3 Å². The molecular formula is C22H32O3. The van der Waals surface area contributed by atoms with Crippen molar-refractivity contribution in [1.29, 1.82) is 0 Å². The quantitative estimate of drug-likeness (QED) is 0.385. The van der Waals surface area contributed by atoms with E-state index in [0.29, 0.717) is 17.8 Å². The highest BCUT2D eigenvalue weighted by atomic mass is 16.4. The first-order chi connectivity index (χ1) is 12.0. The maximum Gasteiger partial charge on any atom is 0.303 e. The van der Waals surface area contributed by atoms with Crippen molar-refractivity contribution in [3.8, 4) is 11.8 Å². The molecule has 138 valence electrons. The molecule has 2 unspecified atom stereocenters. The van der Waals surface area contributed by atoms with E-state index in [4.69, 9.17) is 5.11 Å². The lowest BCUT2D eigenvalue weighted by atomic mass is 9.90. The third-order valence-corrected chi connectivity index (χ3v) is 5.66. The summed E-state index contributed by atoms with van der Waals surface area (Å²) in [5.41, 5.74) is 1.47. The van der Waals surface area contributed by atoms with Crippen molar-refractivity contribution < 1.29 is 15.0 Å². The van der Waals surface area contributed by atoms with Gasteiger partial charge in [-0.1, -0.05) is 30.7 Å². The Balaban J connectivity index is 1.83. The standard InChI is InChI=1S/C22H32O3/c1-3-4-8-16(2)9-7-11-19-20-14-17(10-5-6-12-22(24)25)13-18(20)15-21(19)23/h7,10-11,16,18-21,23H,5-6,8-9,12-15H2,1-2H3,(H,24,25)/b11-7+,17-10?/t16?,18-,19?,20-,21+/m0/s1. The highest BCUT2D eigenvalue weighted by Gasteiger charge is 2.44. The zero-order valence-electron chi connectivity index (χ0n) is 15.6. The topological polar surface area (TPSA) is 57.5 Å². The number of rotatable bonds is 8. The number of fused-ring (bicyclic) bond motifs is 1. The molecule has 0 heterocycles. The fourth-order valence-corrected chi connectivity index (χ4v) is 4.33. The molecule has 5 atom stereocenters. The second-order valence-corrected chi connectivity index (χ2v) is 7.76. The number of carbonyl (C=O) groups is 1. The maximum absolute atomic E-state index is 10.6. The minimum Gasteiger partial charge on any atom is -0.481 e. The third kappa shape index (κ3) is 6.04. The van der Waals surface area contributed by atoms with Crippen LogP contribution in [0.25, 0.3) is 0 Å². The van der Waals surface area contributed by atoms with Gasteiger partial charge in [0.25, 0.3) is 0 Å². The largest absolute Gasteiger partial charge is 0.481 e. The van der Waals surface area contributed by atoms with Crippen LogP contribution in [0.1, 0.15) is 65.2 Å². The van der Waals surface area contributed by atoms with Gasteiger partial charge in [0, 0.05) is 18.8 Å². The summed E-state index contributed by atoms with van der Waals surface area (Å²) in [6.45, 7) is 4.10. The summed E-state index contributed by atoms with van der Waals surface area (Å²) in [7, 11) is 0. The van der Waals surface area contributed by atoms with Crippen LogP contribution in [-0.2, 0) is 4.79 Å². The first-order valence-electron chi connectivity index (χ1n) is 9.65. The van der Waals surface area contributed by atoms with E-state index in [2.05, 4.69) is 37.0 Å². The number of aliphatic carboxylic acids is 1. The van der Waals surface area contributed by atoms with Crippen molar-refractivity contribution in [3.05, 3.63) is 23.8 Å². The summed E-state index contributed by atoms with van der Waals surface area (Å²) in [5, 5.41) is 19.1. The van der Waals surface area contributed by atoms with Crippen molar-refractivity contribution in [2.24, 2.45) is 23.7 Å². The van der Waals surface area contributed by atoms with E-state index < -0.39 is 5.97 Å². The lowest BCUT2D eigenvalue weighted by molar-refractivity contribution is -0.137. The molecule has 2 aliphatic rings. The number of aliphatic hydroxyl groups excluding tert-OH is 1. The van der Waals surface area contributed by atoms with Crippen LogP contribution in [0.5, 0.6) is 0 Å². The molecule has 2 rings (SSSR count). The summed E-state index contributed by atoms with van der Waals surface area (Å²) >= 11 is 0. The molecule has 2 fully saturated rings. The SMILES string of the molecule is CC#CCC(C)C/C=C/C1[C@H](O)C[C@@H]2CC(=CCCCC(=O)O)C[C@H]12. The van der Waals surface area contributed by atoms with Crippen molar-refractivity contribution >= 4 is 5.97 Å². The second kappa shape index (κ2) is 9.82. The molecule has 0 aromatic heterocycles. The lowest BCUT2D eigenvalue weighted by Crippen LogP contribution is -2.16. The van der Waals surface area contributed by atoms with Gasteiger partial charge in [0.2, 0.25) is 0 Å². The molecule has 0 amide bonds. The van der Waals surface area contributed by atoms with Gasteiger partial charge in [-0.3, -0.25) is 4.79 Å². The molecule has 0 aromatic carbocycles. The van der Waals surface area contributed by atoms with Gasteiger partial charge in [0.15, 0.2) is 0 Å². The van der Waals surface area contributed by atoms with Gasteiger partial charge in [-0.25, -0.2) is 0 Å². The molecule has 0 aliphatic heterocycles. The summed E-state index contributed by atoms with van der Waals surface area (Å²) in [6, 6.07) is 0. The van der Waals surface area contributed by atoms with Crippen LogP contribution in [0.2, 0.25) is 0 Å². The number of carboxylic acids is 1. The fraction of sp³-hybridized carbons (Fsp3) is 0.682. The molecule has 0 spiro atoms. The van der Waals surface area contributed by atoms with Gasteiger partial charge in [0.1, 0.15) is 0 Å². The van der Waals surface area contributed by atoms with E-state index in [9.17, 15) is 9.90 Å². The Bertz CT molecular complexity index is 564. The number of carboxylic acid groups (broad SMARTS) is 1. The van der Waals surface area contributed by atoms with E-state index >= 15 is 0 Å². The van der Waals surface area contributed by atoms with Gasteiger partial charge in [-0.05, 0) is 63.2 Å². The van der Waals surface area contributed by atoms with E-state index in [1.165, 1.54) is 5.57 Å². The Kier molecular flexibility index (Phi) is 7.78. The molecule has 2 N–H and O–H groups in total. The van der Waals surface area contributed by atoms with E-state index in [-0.39, 0.29) is 18.4 Å². The molecular weight excluding hydrogens is 312 g/mol. The van der Waals surface area contributed by atoms with Crippen molar-refractivity contribution in [2.75, 3.05) is 0 Å². The number of hydrogen-bond acceptors (Lipinski definition) is 2. The zero-order valence-corrected chi connectivity index (χ0v) is 15.6. The van der Waals surface area contributed by atoms with Crippen molar-refractivity contribution in [2.45, 2.75) is 71.3 Å². The summed E-state index contributed by atoms with van der Waals surface area (Å²) in [4.78, 5) is 10.6. The molecule has 2 aliphatic carbocycles. The van der Waals surface area contributed by atoms with Crippen LogP contribution < -0.4 is 0 Å². The van der Waals surface area contributed by atoms with Gasteiger partial charge in [-0.15, -0.1) is 11.8 Å². The second-order valence-electron chi connectivity index (χ2n) is 7.76. The van der Waals surface area contributed by atoms with Gasteiger partial charge >= 0.3 is 5.97 Å². The number of hydrogen-bond donors (Lipinski definition) is 2. The maximum atomic E-state index is 10.6. The number of aliphatic hydroxyl groups is 1. The lowest BCUT2D eigenvalue weighted by Gasteiger charge is -2.17. The molecule has 0 bridgehead atoms. The smallest absolute Gasteiger partial charge is 0.303 e. The van der Waals surface area contributed by atoms with Gasteiger partial charge < -0.3 is 10.2 Å². The molecule has 3 heteroatoms. The van der Waals surface area contributed by atoms with Crippen LogP contribution in [0.15, 0.2) is 23.8 Å². The minimum absolute atomic E-state index is 0.203. The highest BCUT2D eigenvalue weighted by Crippen LogP contribution is 2.50. The number of allylic oxidation sites excluding steroid dienone is 3. The number of unbranched alkanes of at least 4 members (excludes halogenated alkanes) is 1. The van der Waals surface area contributed by atoms with Crippen molar-refractivity contribution in [3.63, 3.8) is 0 Å². The molecule has 3 nitrogen and oxygen atoms in total. The Labute approximate surface area is 152 Å². The zero-order chi connectivity index (χ0) is 18.2. The van der Waals surface area contributed by atoms with Crippen LogP contribution in [0.4, 0.5) is 0 Å². The average Bonchev–Trinajstić information content (AvgIpc) is 3.07. The molecule has 0 aromatic rings. The molecule has 0 saturated heterocycles. The Hall–Kier alpha value is -1.53. The van der Waals surface area contributed by atoms with Crippen molar-refractivity contribution in [1.82, 2.24) is 0 Å². The Morgan fingerprint density at radius 1 is 1.40 bits per heavy atom. The summed E-state index contributed by atoms with van der Waals surface area (Å²) in [6.07, 6.45) is 13.4. The van der Waals surface area contributed by atoms with Crippen LogP contribution >= 0.6 is 0 Å². The van der Waals surface area contributed by atoms with Crippen LogP contribution in [0, 0.1) is 35.5 Å². The van der Waals surface area contributed by atoms with E-state index in [1.807, 2.05) is 6.92 Å². The van der Waals surface area contributed by atoms with Gasteiger partial charge in [-0.2, -0.15) is 0 Å². The predicted molar refractivity (Wildman–Crippen MR) is 101 cm³/mol. The highest BCUT2D eigenvalue weighted by molar-refractivity contribution is 5.66. The third-order valence-electron chi connectivity index (χ3n) is 5.66. The minimum atomic E-state index is -0.714. The molecule has 25 heavy (non-hydrogen) atoms. The van der Waals surface area contributed by atoms with E-state index in [1.54, 1.807) is 0 Å². The predicted octanol–water partition coefficient (Wildman–Crippen LogP) is 4.57. The molecule has 2 saturated carbocycles. The normalized spacial score (nSPS) is 31.1. The molecule has 0 radical (unpaired) electrons.